The first-order chi connectivity index (χ1) is 10.6. The maximum absolute atomic E-state index is 12.9. The molecular formula is C16H17FN2O3. The first-order valence-corrected chi connectivity index (χ1v) is 7.27. The van der Waals surface area contributed by atoms with Gasteiger partial charge in [0.05, 0.1) is 6.20 Å². The van der Waals surface area contributed by atoms with Crippen LogP contribution in [0.25, 0.3) is 11.3 Å². The lowest BCUT2D eigenvalue weighted by Gasteiger charge is -2.14. The van der Waals surface area contributed by atoms with Crippen LogP contribution in [0.5, 0.6) is 0 Å². The Bertz CT molecular complexity index is 648. The fourth-order valence-electron chi connectivity index (χ4n) is 2.39. The number of amides is 1. The Morgan fingerprint density at radius 2 is 2.18 bits per heavy atom. The number of aromatic nitrogens is 1. The predicted octanol–water partition coefficient (Wildman–Crippen LogP) is 2.84. The number of rotatable bonds is 4. The van der Waals surface area contributed by atoms with E-state index in [2.05, 4.69) is 10.3 Å². The fraction of sp³-hybridized carbons (Fsp3) is 0.375. The Morgan fingerprint density at radius 1 is 1.41 bits per heavy atom. The highest BCUT2D eigenvalue weighted by atomic mass is 19.1. The predicted molar refractivity (Wildman–Crippen MR) is 77.4 cm³/mol. The van der Waals surface area contributed by atoms with Gasteiger partial charge in [0, 0.05) is 12.2 Å². The zero-order chi connectivity index (χ0) is 15.5. The number of benzene rings is 1. The minimum atomic E-state index is -0.381. The number of oxazole rings is 1. The molecule has 0 spiro atoms. The highest BCUT2D eigenvalue weighted by molar-refractivity contribution is 5.81. The van der Waals surface area contributed by atoms with Gasteiger partial charge in [0.15, 0.2) is 5.76 Å². The van der Waals surface area contributed by atoms with Gasteiger partial charge in [0.2, 0.25) is 11.8 Å². The van der Waals surface area contributed by atoms with Crippen molar-refractivity contribution in [1.29, 1.82) is 0 Å². The van der Waals surface area contributed by atoms with Gasteiger partial charge in [-0.05, 0) is 44.0 Å². The van der Waals surface area contributed by atoms with Gasteiger partial charge in [-0.1, -0.05) is 0 Å². The molecule has 6 heteroatoms. The number of hydrogen-bond acceptors (Lipinski definition) is 4. The van der Waals surface area contributed by atoms with Crippen LogP contribution in [0.3, 0.4) is 0 Å². The second-order valence-electron chi connectivity index (χ2n) is 5.30. The second kappa shape index (κ2) is 6.27. The van der Waals surface area contributed by atoms with Crippen molar-refractivity contribution in [2.45, 2.75) is 31.9 Å². The van der Waals surface area contributed by atoms with Gasteiger partial charge < -0.3 is 14.5 Å². The lowest BCUT2D eigenvalue weighted by Crippen LogP contribution is -2.35. The van der Waals surface area contributed by atoms with Crippen molar-refractivity contribution in [2.24, 2.45) is 0 Å². The molecule has 1 aromatic heterocycles. The third kappa shape index (κ3) is 3.17. The topological polar surface area (TPSA) is 64.4 Å². The van der Waals surface area contributed by atoms with E-state index < -0.39 is 0 Å². The van der Waals surface area contributed by atoms with Crippen LogP contribution in [-0.2, 0) is 9.53 Å². The van der Waals surface area contributed by atoms with Crippen LogP contribution in [0.1, 0.15) is 31.7 Å². The smallest absolute Gasteiger partial charge is 0.249 e. The largest absolute Gasteiger partial charge is 0.438 e. The van der Waals surface area contributed by atoms with Crippen LogP contribution in [0.2, 0.25) is 0 Å². The molecule has 22 heavy (non-hydrogen) atoms. The van der Waals surface area contributed by atoms with E-state index in [0.717, 1.165) is 18.4 Å². The van der Waals surface area contributed by atoms with Gasteiger partial charge in [-0.25, -0.2) is 9.37 Å². The van der Waals surface area contributed by atoms with Crippen LogP contribution in [0.4, 0.5) is 4.39 Å². The molecule has 0 saturated carbocycles. The number of nitrogens with zero attached hydrogens (tertiary/aromatic N) is 1. The maximum atomic E-state index is 12.9. The van der Waals surface area contributed by atoms with Crippen molar-refractivity contribution >= 4 is 5.91 Å². The molecular weight excluding hydrogens is 287 g/mol. The first kappa shape index (κ1) is 14.7. The van der Waals surface area contributed by atoms with Crippen LogP contribution in [0, 0.1) is 5.82 Å². The summed E-state index contributed by atoms with van der Waals surface area (Å²) in [5.41, 5.74) is 0.734. The molecule has 5 nitrogen and oxygen atoms in total. The van der Waals surface area contributed by atoms with Gasteiger partial charge in [-0.3, -0.25) is 4.79 Å². The molecule has 2 unspecified atom stereocenters. The zero-order valence-electron chi connectivity index (χ0n) is 12.2. The van der Waals surface area contributed by atoms with E-state index in [1.54, 1.807) is 25.3 Å². The number of hydrogen-bond donors (Lipinski definition) is 1. The van der Waals surface area contributed by atoms with Crippen LogP contribution in [0.15, 0.2) is 34.9 Å². The first-order valence-electron chi connectivity index (χ1n) is 7.27. The molecule has 1 aliphatic heterocycles. The average Bonchev–Trinajstić information content (AvgIpc) is 3.20. The van der Waals surface area contributed by atoms with Crippen molar-refractivity contribution in [2.75, 3.05) is 6.61 Å². The second-order valence-corrected chi connectivity index (χ2v) is 5.30. The molecule has 1 saturated heterocycles. The van der Waals surface area contributed by atoms with Gasteiger partial charge in [0.1, 0.15) is 18.0 Å². The lowest BCUT2D eigenvalue weighted by molar-refractivity contribution is -0.130. The van der Waals surface area contributed by atoms with Crippen LogP contribution < -0.4 is 5.32 Å². The van der Waals surface area contributed by atoms with Gasteiger partial charge in [-0.15, -0.1) is 0 Å². The summed E-state index contributed by atoms with van der Waals surface area (Å²) in [5.74, 6) is 0.492. The number of ether oxygens (including phenoxy) is 1. The molecule has 3 rings (SSSR count). The number of carbonyl (C=O) groups excluding carboxylic acids is 1. The molecule has 0 aliphatic carbocycles. The van der Waals surface area contributed by atoms with E-state index in [1.807, 2.05) is 0 Å². The molecule has 2 aromatic rings. The Labute approximate surface area is 127 Å². The van der Waals surface area contributed by atoms with E-state index in [9.17, 15) is 9.18 Å². The van der Waals surface area contributed by atoms with E-state index >= 15 is 0 Å². The summed E-state index contributed by atoms with van der Waals surface area (Å²) in [6.45, 7) is 2.42. The molecule has 2 heterocycles. The highest BCUT2D eigenvalue weighted by Gasteiger charge is 2.26. The van der Waals surface area contributed by atoms with E-state index in [-0.39, 0.29) is 23.9 Å². The Morgan fingerprint density at radius 3 is 2.86 bits per heavy atom. The third-order valence-corrected chi connectivity index (χ3v) is 3.60. The summed E-state index contributed by atoms with van der Waals surface area (Å²) < 4.78 is 23.9. The number of nitrogens with one attached hydrogen (secondary N) is 1. The van der Waals surface area contributed by atoms with Gasteiger partial charge in [-0.2, -0.15) is 0 Å². The summed E-state index contributed by atoms with van der Waals surface area (Å²) in [4.78, 5) is 16.2. The molecule has 1 N–H and O–H groups in total. The monoisotopic (exact) mass is 304 g/mol. The van der Waals surface area contributed by atoms with Crippen molar-refractivity contribution in [3.8, 4) is 11.3 Å². The number of halogens is 1. The van der Waals surface area contributed by atoms with Crippen molar-refractivity contribution in [3.05, 3.63) is 42.2 Å². The molecule has 2 atom stereocenters. The molecule has 116 valence electrons. The zero-order valence-corrected chi connectivity index (χ0v) is 12.2. The summed E-state index contributed by atoms with van der Waals surface area (Å²) in [5, 5.41) is 2.83. The Kier molecular flexibility index (Phi) is 4.20. The van der Waals surface area contributed by atoms with E-state index in [0.29, 0.717) is 18.3 Å². The number of carbonyl (C=O) groups is 1. The van der Waals surface area contributed by atoms with Crippen molar-refractivity contribution in [3.63, 3.8) is 0 Å². The normalized spacial score (nSPS) is 19.1. The third-order valence-electron chi connectivity index (χ3n) is 3.60. The van der Waals surface area contributed by atoms with Gasteiger partial charge in [0.25, 0.3) is 0 Å². The quantitative estimate of drug-likeness (QED) is 0.943. The Balaban J connectivity index is 1.67. The van der Waals surface area contributed by atoms with Gasteiger partial charge >= 0.3 is 0 Å². The average molecular weight is 304 g/mol. The molecule has 1 aliphatic rings. The SMILES string of the molecule is CC(NC(=O)C1CCCO1)c1ncc(-c2ccc(F)cc2)o1. The summed E-state index contributed by atoms with van der Waals surface area (Å²) >= 11 is 0. The maximum Gasteiger partial charge on any atom is 0.249 e. The summed E-state index contributed by atoms with van der Waals surface area (Å²) in [6, 6.07) is 5.61. The fourth-order valence-corrected chi connectivity index (χ4v) is 2.39. The van der Waals surface area contributed by atoms with E-state index in [4.69, 9.17) is 9.15 Å². The minimum Gasteiger partial charge on any atom is -0.438 e. The highest BCUT2D eigenvalue weighted by Crippen LogP contribution is 2.23. The molecule has 1 aromatic carbocycles. The minimum absolute atomic E-state index is 0.147. The molecule has 0 bridgehead atoms. The summed E-state index contributed by atoms with van der Waals surface area (Å²) in [6.07, 6.45) is 2.83. The molecule has 0 radical (unpaired) electrons. The van der Waals surface area contributed by atoms with Crippen molar-refractivity contribution in [1.82, 2.24) is 10.3 Å². The Hall–Kier alpha value is -2.21. The van der Waals surface area contributed by atoms with Crippen LogP contribution >= 0.6 is 0 Å². The lowest BCUT2D eigenvalue weighted by atomic mass is 10.2. The summed E-state index contributed by atoms with van der Waals surface area (Å²) in [7, 11) is 0. The standard InChI is InChI=1S/C16H17FN2O3/c1-10(19-15(20)13-3-2-8-21-13)16-18-9-14(22-16)11-4-6-12(17)7-5-11/h4-7,9-10,13H,2-3,8H2,1H3,(H,19,20). The van der Waals surface area contributed by atoms with Crippen molar-refractivity contribution < 1.29 is 18.3 Å². The molecule has 1 amide bonds. The molecule has 1 fully saturated rings. The van der Waals surface area contributed by atoms with E-state index in [1.165, 1.54) is 12.1 Å². The van der Waals surface area contributed by atoms with Crippen LogP contribution in [-0.4, -0.2) is 23.6 Å².